The zero-order valence-electron chi connectivity index (χ0n) is 12.5. The van der Waals surface area contributed by atoms with Gasteiger partial charge in [-0.05, 0) is 37.5 Å². The predicted molar refractivity (Wildman–Crippen MR) is 82.6 cm³/mol. The van der Waals surface area contributed by atoms with E-state index in [0.29, 0.717) is 5.92 Å². The highest BCUT2D eigenvalue weighted by atomic mass is 16.4. The first kappa shape index (κ1) is 14.1. The number of benzene rings is 1. The molecule has 21 heavy (non-hydrogen) atoms. The van der Waals surface area contributed by atoms with Crippen molar-refractivity contribution >= 4 is 17.0 Å². The molecule has 1 aliphatic carbocycles. The minimum Gasteiger partial charge on any atom is -0.481 e. The van der Waals surface area contributed by atoms with E-state index in [4.69, 9.17) is 10.1 Å². The molecule has 3 rings (SSSR count). The number of aliphatic carboxylic acids is 1. The van der Waals surface area contributed by atoms with Crippen LogP contribution < -0.4 is 0 Å². The summed E-state index contributed by atoms with van der Waals surface area (Å²) in [4.78, 5) is 15.7. The summed E-state index contributed by atoms with van der Waals surface area (Å²) in [6, 6.07) is 5.87. The van der Waals surface area contributed by atoms with Crippen molar-refractivity contribution < 1.29 is 9.90 Å². The Morgan fingerprint density at radius 3 is 2.76 bits per heavy atom. The number of carboxylic acid groups (broad SMARTS) is 1. The average Bonchev–Trinajstić information content (AvgIpc) is 2.85. The van der Waals surface area contributed by atoms with Crippen LogP contribution in [0.25, 0.3) is 11.0 Å². The Kier molecular flexibility index (Phi) is 3.95. The van der Waals surface area contributed by atoms with Gasteiger partial charge in [-0.2, -0.15) is 0 Å². The average molecular weight is 286 g/mol. The molecule has 1 heterocycles. The number of carboxylic acids is 1. The highest BCUT2D eigenvalue weighted by Crippen LogP contribution is 2.34. The van der Waals surface area contributed by atoms with Gasteiger partial charge in [0.2, 0.25) is 0 Å². The van der Waals surface area contributed by atoms with Crippen molar-refractivity contribution in [3.8, 4) is 0 Å². The fraction of sp³-hybridized carbons (Fsp3) is 0.529. The molecule has 1 aromatic heterocycles. The van der Waals surface area contributed by atoms with Gasteiger partial charge in [0.1, 0.15) is 5.82 Å². The van der Waals surface area contributed by atoms with Crippen LogP contribution in [-0.2, 0) is 17.8 Å². The van der Waals surface area contributed by atoms with Gasteiger partial charge in [0.05, 0.1) is 17.5 Å². The van der Waals surface area contributed by atoms with E-state index < -0.39 is 5.97 Å². The number of hydrogen-bond donors (Lipinski definition) is 1. The Morgan fingerprint density at radius 1 is 1.33 bits per heavy atom. The molecule has 1 aliphatic rings. The van der Waals surface area contributed by atoms with Crippen molar-refractivity contribution in [2.45, 2.75) is 57.9 Å². The van der Waals surface area contributed by atoms with E-state index in [1.165, 1.54) is 37.9 Å². The van der Waals surface area contributed by atoms with Crippen molar-refractivity contribution in [3.05, 3.63) is 29.6 Å². The standard InChI is InChI=1S/C17H22N2O2/c1-2-19-15-9-8-12(11-16(20)21)10-14(15)18-17(19)13-6-4-3-5-7-13/h8-10,13H,2-7,11H2,1H3,(H,20,21). The van der Waals surface area contributed by atoms with E-state index >= 15 is 0 Å². The first-order valence-corrected chi connectivity index (χ1v) is 7.90. The van der Waals surface area contributed by atoms with Gasteiger partial charge >= 0.3 is 5.97 Å². The second-order valence-corrected chi connectivity index (χ2v) is 5.94. The van der Waals surface area contributed by atoms with Crippen molar-refractivity contribution in [1.82, 2.24) is 9.55 Å². The predicted octanol–water partition coefficient (Wildman–Crippen LogP) is 3.73. The maximum Gasteiger partial charge on any atom is 0.307 e. The van der Waals surface area contributed by atoms with Crippen molar-refractivity contribution in [2.75, 3.05) is 0 Å². The minimum absolute atomic E-state index is 0.0632. The van der Waals surface area contributed by atoms with Gasteiger partial charge in [-0.15, -0.1) is 0 Å². The molecule has 0 spiro atoms. The summed E-state index contributed by atoms with van der Waals surface area (Å²) in [5.74, 6) is 0.963. The van der Waals surface area contributed by atoms with E-state index in [2.05, 4.69) is 11.5 Å². The van der Waals surface area contributed by atoms with Crippen LogP contribution in [0.4, 0.5) is 0 Å². The van der Waals surface area contributed by atoms with Crippen molar-refractivity contribution in [2.24, 2.45) is 0 Å². The van der Waals surface area contributed by atoms with Gasteiger partial charge < -0.3 is 9.67 Å². The molecule has 0 saturated heterocycles. The molecule has 0 aliphatic heterocycles. The topological polar surface area (TPSA) is 55.1 Å². The van der Waals surface area contributed by atoms with Crippen LogP contribution in [0.3, 0.4) is 0 Å². The number of nitrogens with zero attached hydrogens (tertiary/aromatic N) is 2. The zero-order chi connectivity index (χ0) is 14.8. The maximum absolute atomic E-state index is 10.9. The van der Waals surface area contributed by atoms with Crippen LogP contribution in [-0.4, -0.2) is 20.6 Å². The number of hydrogen-bond acceptors (Lipinski definition) is 2. The number of imidazole rings is 1. The van der Waals surface area contributed by atoms with Crippen LogP contribution in [0.15, 0.2) is 18.2 Å². The summed E-state index contributed by atoms with van der Waals surface area (Å²) in [7, 11) is 0. The summed E-state index contributed by atoms with van der Waals surface area (Å²) in [5, 5.41) is 8.92. The highest BCUT2D eigenvalue weighted by molar-refractivity contribution is 5.79. The molecular formula is C17H22N2O2. The van der Waals surface area contributed by atoms with Gasteiger partial charge in [0.15, 0.2) is 0 Å². The Balaban J connectivity index is 2.01. The largest absolute Gasteiger partial charge is 0.481 e. The highest BCUT2D eigenvalue weighted by Gasteiger charge is 2.22. The van der Waals surface area contributed by atoms with Gasteiger partial charge in [-0.1, -0.05) is 25.3 Å². The van der Waals surface area contributed by atoms with Crippen LogP contribution in [0, 0.1) is 0 Å². The van der Waals surface area contributed by atoms with E-state index in [0.717, 1.165) is 23.1 Å². The molecule has 0 atom stereocenters. The summed E-state index contributed by atoms with van der Waals surface area (Å²) in [5.41, 5.74) is 2.90. The van der Waals surface area contributed by atoms with E-state index in [-0.39, 0.29) is 6.42 Å². The minimum atomic E-state index is -0.795. The third kappa shape index (κ3) is 2.80. The summed E-state index contributed by atoms with van der Waals surface area (Å²) >= 11 is 0. The maximum atomic E-state index is 10.9. The second-order valence-electron chi connectivity index (χ2n) is 5.94. The molecule has 4 heteroatoms. The van der Waals surface area contributed by atoms with Gasteiger partial charge in [0.25, 0.3) is 0 Å². The molecule has 1 N–H and O–H groups in total. The van der Waals surface area contributed by atoms with Gasteiger partial charge in [0, 0.05) is 12.5 Å². The van der Waals surface area contributed by atoms with Crippen LogP contribution in [0.2, 0.25) is 0 Å². The lowest BCUT2D eigenvalue weighted by atomic mass is 9.88. The Morgan fingerprint density at radius 2 is 2.10 bits per heavy atom. The molecule has 1 fully saturated rings. The third-order valence-corrected chi connectivity index (χ3v) is 4.48. The van der Waals surface area contributed by atoms with Gasteiger partial charge in [-0.25, -0.2) is 4.98 Å². The first-order valence-electron chi connectivity index (χ1n) is 7.90. The number of aryl methyl sites for hydroxylation is 1. The van der Waals surface area contributed by atoms with E-state index in [1.807, 2.05) is 18.2 Å². The fourth-order valence-electron chi connectivity index (χ4n) is 3.48. The number of rotatable bonds is 4. The zero-order valence-corrected chi connectivity index (χ0v) is 12.5. The molecular weight excluding hydrogens is 264 g/mol. The summed E-state index contributed by atoms with van der Waals surface area (Å²) < 4.78 is 2.30. The molecule has 0 amide bonds. The Hall–Kier alpha value is -1.84. The molecule has 4 nitrogen and oxygen atoms in total. The Labute approximate surface area is 124 Å². The van der Waals surface area contributed by atoms with Crippen LogP contribution >= 0.6 is 0 Å². The van der Waals surface area contributed by atoms with E-state index in [9.17, 15) is 4.79 Å². The molecule has 2 aromatic rings. The molecule has 1 saturated carbocycles. The summed E-state index contributed by atoms with van der Waals surface area (Å²) in [6.45, 7) is 3.07. The summed E-state index contributed by atoms with van der Waals surface area (Å²) in [6.07, 6.45) is 6.44. The SMILES string of the molecule is CCn1c(C2CCCCC2)nc2cc(CC(=O)O)ccc21. The lowest BCUT2D eigenvalue weighted by Crippen LogP contribution is -2.11. The normalized spacial score (nSPS) is 16.4. The monoisotopic (exact) mass is 286 g/mol. The van der Waals surface area contributed by atoms with Crippen molar-refractivity contribution in [3.63, 3.8) is 0 Å². The quantitative estimate of drug-likeness (QED) is 0.931. The molecule has 0 radical (unpaired) electrons. The van der Waals surface area contributed by atoms with Crippen LogP contribution in [0.5, 0.6) is 0 Å². The number of fused-ring (bicyclic) bond motifs is 1. The molecule has 0 unspecified atom stereocenters. The van der Waals surface area contributed by atoms with E-state index in [1.54, 1.807) is 0 Å². The lowest BCUT2D eigenvalue weighted by Gasteiger charge is -2.21. The smallest absolute Gasteiger partial charge is 0.307 e. The van der Waals surface area contributed by atoms with Crippen molar-refractivity contribution in [1.29, 1.82) is 0 Å². The molecule has 112 valence electrons. The number of carbonyl (C=O) groups is 1. The van der Waals surface area contributed by atoms with Crippen LogP contribution in [0.1, 0.15) is 56.3 Å². The lowest BCUT2D eigenvalue weighted by molar-refractivity contribution is -0.136. The second kappa shape index (κ2) is 5.88. The van der Waals surface area contributed by atoms with Gasteiger partial charge in [-0.3, -0.25) is 4.79 Å². The Bertz CT molecular complexity index is 654. The molecule has 0 bridgehead atoms. The number of aromatic nitrogens is 2. The molecule has 1 aromatic carbocycles. The first-order chi connectivity index (χ1) is 10.2. The third-order valence-electron chi connectivity index (χ3n) is 4.48. The fourth-order valence-corrected chi connectivity index (χ4v) is 3.48.